The third-order valence-electron chi connectivity index (χ3n) is 9.49. The van der Waals surface area contributed by atoms with Crippen LogP contribution in [0.1, 0.15) is 188 Å². The van der Waals surface area contributed by atoms with Gasteiger partial charge in [-0.2, -0.15) is 0 Å². The summed E-state index contributed by atoms with van der Waals surface area (Å²) in [5, 5.41) is 0. The molecule has 0 radical (unpaired) electrons. The molecule has 338 valence electrons. The highest BCUT2D eigenvalue weighted by molar-refractivity contribution is 5.70. The van der Waals surface area contributed by atoms with Gasteiger partial charge in [0, 0.05) is 19.4 Å². The van der Waals surface area contributed by atoms with Gasteiger partial charge in [0.15, 0.2) is 6.10 Å². The predicted molar refractivity (Wildman–Crippen MR) is 260 cm³/mol. The van der Waals surface area contributed by atoms with E-state index >= 15 is 0 Å². The molecule has 0 amide bonds. The summed E-state index contributed by atoms with van der Waals surface area (Å²) in [7, 11) is 0. The van der Waals surface area contributed by atoms with Crippen molar-refractivity contribution in [2.75, 3.05) is 19.8 Å². The summed E-state index contributed by atoms with van der Waals surface area (Å²) < 4.78 is 17.2. The summed E-state index contributed by atoms with van der Waals surface area (Å²) in [4.78, 5) is 25.1. The molecule has 0 spiro atoms. The molecule has 0 aliphatic heterocycles. The van der Waals surface area contributed by atoms with Gasteiger partial charge in [-0.25, -0.2) is 0 Å². The van der Waals surface area contributed by atoms with Crippen molar-refractivity contribution in [3.8, 4) is 0 Å². The Morgan fingerprint density at radius 3 is 1.20 bits per heavy atom. The average molecular weight is 829 g/mol. The molecule has 1 unspecified atom stereocenters. The molecule has 60 heavy (non-hydrogen) atoms. The van der Waals surface area contributed by atoms with Gasteiger partial charge in [-0.3, -0.25) is 9.59 Å². The molecule has 0 fully saturated rings. The maximum absolute atomic E-state index is 12.6. The number of carbonyl (C=O) groups excluding carboxylic acids is 2. The first-order valence-corrected chi connectivity index (χ1v) is 24.1. The van der Waals surface area contributed by atoms with Gasteiger partial charge in [0.2, 0.25) is 0 Å². The molecule has 0 aromatic rings. The molecule has 0 aliphatic carbocycles. The van der Waals surface area contributed by atoms with Crippen LogP contribution in [-0.2, 0) is 23.8 Å². The molecule has 5 heteroatoms. The Kier molecular flexibility index (Phi) is 46.6. The smallest absolute Gasteiger partial charge is 0.306 e. The summed E-state index contributed by atoms with van der Waals surface area (Å²) in [5.74, 6) is -0.473. The minimum Gasteiger partial charge on any atom is -0.462 e. The van der Waals surface area contributed by atoms with E-state index < -0.39 is 6.10 Å². The molecule has 0 heterocycles. The van der Waals surface area contributed by atoms with E-state index in [-0.39, 0.29) is 25.2 Å². The molecule has 0 rings (SSSR count). The van der Waals surface area contributed by atoms with Crippen LogP contribution in [-0.4, -0.2) is 37.9 Å². The standard InChI is InChI=1S/C55H88O5/c1-4-7-10-13-15-17-19-21-23-25-27-29-31-33-35-37-39-41-44-47-50-58-51-53(60-55(57)49-46-42-12-9-6-3)52-59-54(56)48-45-43-40-38-36-34-32-30-28-26-24-22-20-18-16-14-11-8-5-2/h7-8,10-11,15-18,21-24,27-30,33-36,53H,4-6,9,12-14,19-20,25-26,31-32,37-52H2,1-3H3/b10-7-,11-8-,17-15-,18-16-,23-21-,24-22-,29-27-,30-28-,35-33-,36-34-. The van der Waals surface area contributed by atoms with Gasteiger partial charge in [0.25, 0.3) is 0 Å². The Bertz CT molecular complexity index is 1260. The van der Waals surface area contributed by atoms with Crippen molar-refractivity contribution in [2.45, 2.75) is 194 Å². The van der Waals surface area contributed by atoms with Crippen LogP contribution in [0.2, 0.25) is 0 Å². The number of hydrogen-bond acceptors (Lipinski definition) is 5. The first-order valence-electron chi connectivity index (χ1n) is 24.1. The lowest BCUT2D eigenvalue weighted by Crippen LogP contribution is -2.30. The number of ether oxygens (including phenoxy) is 3. The lowest BCUT2D eigenvalue weighted by molar-refractivity contribution is -0.163. The summed E-state index contributed by atoms with van der Waals surface area (Å²) in [6.07, 6.45) is 69.5. The Morgan fingerprint density at radius 2 is 0.750 bits per heavy atom. The van der Waals surface area contributed by atoms with E-state index in [0.29, 0.717) is 19.4 Å². The van der Waals surface area contributed by atoms with E-state index in [1.807, 2.05) is 0 Å². The second-order valence-corrected chi connectivity index (χ2v) is 15.3. The number of carbonyl (C=O) groups is 2. The summed E-state index contributed by atoms with van der Waals surface area (Å²) in [6.45, 7) is 7.41. The summed E-state index contributed by atoms with van der Waals surface area (Å²) in [6, 6.07) is 0. The van der Waals surface area contributed by atoms with Crippen LogP contribution in [0.3, 0.4) is 0 Å². The Hall–Kier alpha value is -3.70. The van der Waals surface area contributed by atoms with Gasteiger partial charge in [0.1, 0.15) is 6.61 Å². The van der Waals surface area contributed by atoms with Crippen LogP contribution in [0, 0.1) is 0 Å². The zero-order valence-electron chi connectivity index (χ0n) is 38.7. The Labute approximate surface area is 369 Å². The largest absolute Gasteiger partial charge is 0.462 e. The molecule has 0 aromatic carbocycles. The van der Waals surface area contributed by atoms with Crippen LogP contribution in [0.15, 0.2) is 122 Å². The first kappa shape index (κ1) is 56.3. The van der Waals surface area contributed by atoms with Crippen molar-refractivity contribution in [3.63, 3.8) is 0 Å². The number of hydrogen-bond donors (Lipinski definition) is 0. The maximum Gasteiger partial charge on any atom is 0.306 e. The SMILES string of the molecule is CC/C=C\C/C=C\C/C=C\C/C=C\C/C=C\CCCCCCOCC(COC(=O)CCCCC/C=C\C/C=C\C/C=C\C/C=C\C/C=C\CC)OC(=O)CCCCCCC. The van der Waals surface area contributed by atoms with E-state index in [1.54, 1.807) is 0 Å². The number of esters is 2. The van der Waals surface area contributed by atoms with Crippen LogP contribution in [0.4, 0.5) is 0 Å². The van der Waals surface area contributed by atoms with E-state index in [2.05, 4.69) is 142 Å². The minimum atomic E-state index is -0.567. The molecular formula is C55H88O5. The van der Waals surface area contributed by atoms with E-state index in [9.17, 15) is 9.59 Å². The Morgan fingerprint density at radius 1 is 0.383 bits per heavy atom. The second kappa shape index (κ2) is 49.7. The van der Waals surface area contributed by atoms with Crippen LogP contribution < -0.4 is 0 Å². The van der Waals surface area contributed by atoms with E-state index in [4.69, 9.17) is 14.2 Å². The summed E-state index contributed by atoms with van der Waals surface area (Å²) in [5.41, 5.74) is 0. The van der Waals surface area contributed by atoms with Crippen molar-refractivity contribution in [1.82, 2.24) is 0 Å². The topological polar surface area (TPSA) is 61.8 Å². The number of unbranched alkanes of at least 4 members (excludes halogenated alkanes) is 11. The van der Waals surface area contributed by atoms with Gasteiger partial charge < -0.3 is 14.2 Å². The normalized spacial score (nSPS) is 13.3. The lowest BCUT2D eigenvalue weighted by Gasteiger charge is -2.18. The minimum absolute atomic E-state index is 0.0493. The zero-order chi connectivity index (χ0) is 43.5. The van der Waals surface area contributed by atoms with Crippen LogP contribution in [0.5, 0.6) is 0 Å². The zero-order valence-corrected chi connectivity index (χ0v) is 38.7. The van der Waals surface area contributed by atoms with Gasteiger partial charge in [-0.15, -0.1) is 0 Å². The van der Waals surface area contributed by atoms with Crippen LogP contribution in [0.25, 0.3) is 0 Å². The molecule has 1 atom stereocenters. The van der Waals surface area contributed by atoms with E-state index in [0.717, 1.165) is 135 Å². The quantitative estimate of drug-likeness (QED) is 0.0348. The molecule has 0 N–H and O–H groups in total. The van der Waals surface area contributed by atoms with Gasteiger partial charge >= 0.3 is 11.9 Å². The van der Waals surface area contributed by atoms with Gasteiger partial charge in [-0.1, -0.05) is 187 Å². The van der Waals surface area contributed by atoms with Crippen molar-refractivity contribution in [3.05, 3.63) is 122 Å². The fourth-order valence-electron chi connectivity index (χ4n) is 5.97. The first-order chi connectivity index (χ1) is 29.6. The molecule has 0 saturated carbocycles. The second-order valence-electron chi connectivity index (χ2n) is 15.3. The predicted octanol–water partition coefficient (Wildman–Crippen LogP) is 16.2. The number of allylic oxidation sites excluding steroid dienone is 20. The molecule has 0 bridgehead atoms. The highest BCUT2D eigenvalue weighted by Gasteiger charge is 2.17. The van der Waals surface area contributed by atoms with Crippen molar-refractivity contribution < 1.29 is 23.8 Å². The molecule has 0 aliphatic rings. The lowest BCUT2D eigenvalue weighted by atomic mass is 10.1. The van der Waals surface area contributed by atoms with Gasteiger partial charge in [0.05, 0.1) is 6.61 Å². The fraction of sp³-hybridized carbons (Fsp3) is 0.600. The van der Waals surface area contributed by atoms with Crippen molar-refractivity contribution in [2.24, 2.45) is 0 Å². The highest BCUT2D eigenvalue weighted by Crippen LogP contribution is 2.10. The number of rotatable bonds is 42. The highest BCUT2D eigenvalue weighted by atomic mass is 16.6. The maximum atomic E-state index is 12.6. The average Bonchev–Trinajstić information content (AvgIpc) is 3.25. The molecule has 5 nitrogen and oxygen atoms in total. The third kappa shape index (κ3) is 47.0. The van der Waals surface area contributed by atoms with Crippen molar-refractivity contribution in [1.29, 1.82) is 0 Å². The molecular weight excluding hydrogens is 741 g/mol. The Balaban J connectivity index is 4.19. The summed E-state index contributed by atoms with van der Waals surface area (Å²) >= 11 is 0. The fourth-order valence-corrected chi connectivity index (χ4v) is 5.97. The van der Waals surface area contributed by atoms with Crippen LogP contribution >= 0.6 is 0 Å². The van der Waals surface area contributed by atoms with Crippen molar-refractivity contribution >= 4 is 11.9 Å². The van der Waals surface area contributed by atoms with E-state index in [1.165, 1.54) is 19.3 Å². The third-order valence-corrected chi connectivity index (χ3v) is 9.49. The van der Waals surface area contributed by atoms with Gasteiger partial charge in [-0.05, 0) is 109 Å². The molecule has 0 aromatic heterocycles. The monoisotopic (exact) mass is 829 g/mol. The molecule has 0 saturated heterocycles.